The molecule has 3 nitrogen and oxygen atoms in total. The Morgan fingerprint density at radius 1 is 1.50 bits per heavy atom. The van der Waals surface area contributed by atoms with Crippen molar-refractivity contribution >= 4 is 17.9 Å². The molecule has 2 rings (SSSR count). The summed E-state index contributed by atoms with van der Waals surface area (Å²) < 4.78 is 2.57. The molecular formula is C8H9N3S. The maximum absolute atomic E-state index is 5.15. The smallest absolute Gasteiger partial charge is 0.157 e. The second-order valence-corrected chi connectivity index (χ2v) is 3.27. The summed E-state index contributed by atoms with van der Waals surface area (Å²) in [5.41, 5.74) is 2.99. The number of nitrogens with zero attached hydrogens (tertiary/aromatic N) is 2. The Labute approximate surface area is 75.0 Å². The van der Waals surface area contributed by atoms with Crippen LogP contribution in [-0.2, 0) is 0 Å². The molecule has 0 aliphatic heterocycles. The van der Waals surface area contributed by atoms with E-state index in [9.17, 15) is 0 Å². The molecule has 62 valence electrons. The quantitative estimate of drug-likeness (QED) is 0.627. The zero-order valence-corrected chi connectivity index (χ0v) is 7.77. The number of aryl methyl sites for hydroxylation is 2. The lowest BCUT2D eigenvalue weighted by atomic mass is 10.4. The van der Waals surface area contributed by atoms with Gasteiger partial charge in [-0.3, -0.25) is 5.10 Å². The summed E-state index contributed by atoms with van der Waals surface area (Å²) in [4.78, 5) is 4.36. The van der Waals surface area contributed by atoms with Crippen molar-refractivity contribution in [1.82, 2.24) is 14.6 Å². The minimum Gasteiger partial charge on any atom is -0.299 e. The number of nitrogens with one attached hydrogen (secondary N) is 1. The van der Waals surface area contributed by atoms with Gasteiger partial charge in [-0.25, -0.2) is 9.50 Å². The van der Waals surface area contributed by atoms with Crippen molar-refractivity contribution < 1.29 is 0 Å². The highest BCUT2D eigenvalue weighted by Gasteiger charge is 2.00. The monoisotopic (exact) mass is 179 g/mol. The van der Waals surface area contributed by atoms with E-state index in [2.05, 4.69) is 10.1 Å². The Morgan fingerprint density at radius 3 is 3.00 bits per heavy atom. The standard InChI is InChI=1S/C8H9N3S/c1-5-4-9-11-7(12)3-6(2)10-8(5)11/h3-4,9H,1-2H3. The molecule has 0 aliphatic rings. The van der Waals surface area contributed by atoms with E-state index in [1.165, 1.54) is 0 Å². The summed E-state index contributed by atoms with van der Waals surface area (Å²) in [7, 11) is 0. The van der Waals surface area contributed by atoms with Crippen LogP contribution in [0.4, 0.5) is 0 Å². The molecule has 0 amide bonds. The van der Waals surface area contributed by atoms with E-state index >= 15 is 0 Å². The van der Waals surface area contributed by atoms with Crippen LogP contribution in [0.1, 0.15) is 11.3 Å². The molecule has 2 aromatic rings. The van der Waals surface area contributed by atoms with Crippen molar-refractivity contribution in [3.63, 3.8) is 0 Å². The molecule has 0 spiro atoms. The molecule has 2 heterocycles. The predicted octanol–water partition coefficient (Wildman–Crippen LogP) is 2.01. The third-order valence-electron chi connectivity index (χ3n) is 1.81. The van der Waals surface area contributed by atoms with Crippen LogP contribution in [0.2, 0.25) is 0 Å². The molecule has 1 N–H and O–H groups in total. The van der Waals surface area contributed by atoms with Crippen molar-refractivity contribution in [3.05, 3.63) is 28.2 Å². The van der Waals surface area contributed by atoms with Gasteiger partial charge < -0.3 is 0 Å². The van der Waals surface area contributed by atoms with Crippen LogP contribution in [-0.4, -0.2) is 14.6 Å². The molecule has 0 radical (unpaired) electrons. The molecule has 0 atom stereocenters. The second-order valence-electron chi connectivity index (χ2n) is 2.85. The summed E-state index contributed by atoms with van der Waals surface area (Å²) in [6.07, 6.45) is 1.90. The summed E-state index contributed by atoms with van der Waals surface area (Å²) >= 11 is 5.15. The normalized spacial score (nSPS) is 10.8. The van der Waals surface area contributed by atoms with E-state index in [0.29, 0.717) is 0 Å². The number of fused-ring (bicyclic) bond motifs is 1. The number of aromatic amines is 1. The molecule has 4 heteroatoms. The summed E-state index contributed by atoms with van der Waals surface area (Å²) in [5.74, 6) is 0. The van der Waals surface area contributed by atoms with E-state index in [1.54, 1.807) is 4.52 Å². The van der Waals surface area contributed by atoms with Crippen LogP contribution in [0.5, 0.6) is 0 Å². The van der Waals surface area contributed by atoms with Crippen molar-refractivity contribution in [3.8, 4) is 0 Å². The lowest BCUT2D eigenvalue weighted by Crippen LogP contribution is -1.93. The highest BCUT2D eigenvalue weighted by molar-refractivity contribution is 7.71. The first-order valence-corrected chi connectivity index (χ1v) is 4.14. The number of H-pyrrole nitrogens is 1. The Bertz CT molecular complexity index is 480. The van der Waals surface area contributed by atoms with Crippen LogP contribution >= 0.6 is 12.2 Å². The Hall–Kier alpha value is -1.16. The average Bonchev–Trinajstić information content (AvgIpc) is 2.33. The molecule has 0 saturated heterocycles. The Morgan fingerprint density at radius 2 is 2.25 bits per heavy atom. The maximum Gasteiger partial charge on any atom is 0.157 e. The van der Waals surface area contributed by atoms with Gasteiger partial charge in [0.2, 0.25) is 0 Å². The number of aromatic nitrogens is 3. The van der Waals surface area contributed by atoms with E-state index < -0.39 is 0 Å². The molecule has 0 aliphatic carbocycles. The van der Waals surface area contributed by atoms with Crippen molar-refractivity contribution in [2.45, 2.75) is 13.8 Å². The largest absolute Gasteiger partial charge is 0.299 e. The Kier molecular flexibility index (Phi) is 1.51. The predicted molar refractivity (Wildman–Crippen MR) is 49.9 cm³/mol. The van der Waals surface area contributed by atoms with Gasteiger partial charge in [-0.1, -0.05) is 12.2 Å². The van der Waals surface area contributed by atoms with Crippen molar-refractivity contribution in [2.24, 2.45) is 0 Å². The van der Waals surface area contributed by atoms with Gasteiger partial charge in [0.25, 0.3) is 0 Å². The molecule has 12 heavy (non-hydrogen) atoms. The van der Waals surface area contributed by atoms with E-state index in [1.807, 2.05) is 26.1 Å². The lowest BCUT2D eigenvalue weighted by Gasteiger charge is -1.95. The van der Waals surface area contributed by atoms with Crippen LogP contribution in [0.3, 0.4) is 0 Å². The minimum atomic E-state index is 0.769. The average molecular weight is 179 g/mol. The van der Waals surface area contributed by atoms with E-state index in [0.717, 1.165) is 21.5 Å². The van der Waals surface area contributed by atoms with Gasteiger partial charge in [0.05, 0.1) is 0 Å². The van der Waals surface area contributed by atoms with E-state index in [-0.39, 0.29) is 0 Å². The number of hydrogen-bond acceptors (Lipinski definition) is 2. The molecule has 2 aromatic heterocycles. The highest BCUT2D eigenvalue weighted by Crippen LogP contribution is 2.07. The zero-order valence-electron chi connectivity index (χ0n) is 6.96. The minimum absolute atomic E-state index is 0.769. The first-order chi connectivity index (χ1) is 5.68. The fourth-order valence-electron chi connectivity index (χ4n) is 1.21. The molecule has 0 bridgehead atoms. The number of hydrogen-bond donors (Lipinski definition) is 1. The van der Waals surface area contributed by atoms with Crippen LogP contribution < -0.4 is 0 Å². The van der Waals surface area contributed by atoms with Gasteiger partial charge in [0.1, 0.15) is 4.64 Å². The van der Waals surface area contributed by atoms with Gasteiger partial charge in [-0.15, -0.1) is 0 Å². The fourth-order valence-corrected chi connectivity index (χ4v) is 1.52. The van der Waals surface area contributed by atoms with Crippen molar-refractivity contribution in [2.75, 3.05) is 0 Å². The van der Waals surface area contributed by atoms with Crippen molar-refractivity contribution in [1.29, 1.82) is 0 Å². The van der Waals surface area contributed by atoms with Crippen LogP contribution in [0.25, 0.3) is 5.65 Å². The fraction of sp³-hybridized carbons (Fsp3) is 0.250. The first kappa shape index (κ1) is 7.49. The maximum atomic E-state index is 5.15. The SMILES string of the molecule is Cc1cc(=S)n2[nH]cc(C)c2n1. The second kappa shape index (κ2) is 2.42. The lowest BCUT2D eigenvalue weighted by molar-refractivity contribution is 0.915. The first-order valence-electron chi connectivity index (χ1n) is 3.73. The van der Waals surface area contributed by atoms with E-state index in [4.69, 9.17) is 12.2 Å². The van der Waals surface area contributed by atoms with Gasteiger partial charge in [-0.2, -0.15) is 0 Å². The number of rotatable bonds is 0. The van der Waals surface area contributed by atoms with Crippen LogP contribution in [0, 0.1) is 18.5 Å². The van der Waals surface area contributed by atoms with Gasteiger partial charge in [0.15, 0.2) is 5.65 Å². The van der Waals surface area contributed by atoms with Crippen LogP contribution in [0.15, 0.2) is 12.3 Å². The van der Waals surface area contributed by atoms with Gasteiger partial charge >= 0.3 is 0 Å². The molecule has 0 fully saturated rings. The summed E-state index contributed by atoms with van der Waals surface area (Å²) in [6, 6.07) is 1.87. The summed E-state index contributed by atoms with van der Waals surface area (Å²) in [5, 5.41) is 3.03. The van der Waals surface area contributed by atoms with Gasteiger partial charge in [0, 0.05) is 17.5 Å². The Balaban J connectivity index is 3.03. The topological polar surface area (TPSA) is 33.1 Å². The third kappa shape index (κ3) is 0.956. The third-order valence-corrected chi connectivity index (χ3v) is 2.11. The zero-order chi connectivity index (χ0) is 8.72. The summed E-state index contributed by atoms with van der Waals surface area (Å²) in [6.45, 7) is 3.95. The van der Waals surface area contributed by atoms with Gasteiger partial charge in [-0.05, 0) is 19.9 Å². The molecular weight excluding hydrogens is 170 g/mol. The molecule has 0 saturated carbocycles. The molecule has 0 aromatic carbocycles. The molecule has 0 unspecified atom stereocenters. The highest BCUT2D eigenvalue weighted by atomic mass is 32.1.